The number of esters is 1. The van der Waals surface area contributed by atoms with Gasteiger partial charge >= 0.3 is 11.9 Å². The molecule has 0 heterocycles. The molecule has 0 amide bonds. The van der Waals surface area contributed by atoms with Crippen LogP contribution in [0.2, 0.25) is 0 Å². The summed E-state index contributed by atoms with van der Waals surface area (Å²) in [4.78, 5) is 35.9. The first kappa shape index (κ1) is 22.2. The molecular weight excluding hydrogens is 400 g/mol. The van der Waals surface area contributed by atoms with Gasteiger partial charge in [0, 0.05) is 18.3 Å². The summed E-state index contributed by atoms with van der Waals surface area (Å²) in [6.07, 6.45) is 0.902. The second-order valence-corrected chi connectivity index (χ2v) is 7.38. The normalized spacial score (nSPS) is 22.9. The molecule has 7 heteroatoms. The van der Waals surface area contributed by atoms with Crippen LogP contribution in [0.3, 0.4) is 0 Å². The third-order valence-electron chi connectivity index (χ3n) is 5.20. The Morgan fingerprint density at radius 2 is 1.65 bits per heavy atom. The number of ether oxygens (including phenoxy) is 2. The van der Waals surface area contributed by atoms with E-state index in [1.807, 2.05) is 6.07 Å². The first-order valence-electron chi connectivity index (χ1n) is 9.99. The van der Waals surface area contributed by atoms with Crippen LogP contribution >= 0.6 is 0 Å². The third kappa shape index (κ3) is 6.26. The highest BCUT2D eigenvalue weighted by atomic mass is 16.5. The van der Waals surface area contributed by atoms with Gasteiger partial charge in [0.15, 0.2) is 12.4 Å². The second-order valence-electron chi connectivity index (χ2n) is 7.38. The lowest BCUT2D eigenvalue weighted by Crippen LogP contribution is -2.26. The van der Waals surface area contributed by atoms with Crippen molar-refractivity contribution in [1.82, 2.24) is 0 Å². The molecule has 1 fully saturated rings. The number of benzene rings is 2. The molecular formula is C24H24O7. The summed E-state index contributed by atoms with van der Waals surface area (Å²) in [5.74, 6) is -2.70. The SMILES string of the molecule is O=C(O)C[C@H]1[C@H](C=CC(=O)COc2ccccc2)[C@H](OC(=O)c2ccccc2)C[C@H]1O. The Bertz CT molecular complexity index is 923. The quantitative estimate of drug-likeness (QED) is 0.470. The number of aliphatic carboxylic acids is 1. The van der Waals surface area contributed by atoms with Gasteiger partial charge in [0.2, 0.25) is 0 Å². The van der Waals surface area contributed by atoms with Crippen molar-refractivity contribution in [3.8, 4) is 5.75 Å². The van der Waals surface area contributed by atoms with E-state index in [1.54, 1.807) is 54.6 Å². The zero-order chi connectivity index (χ0) is 22.2. The van der Waals surface area contributed by atoms with Crippen molar-refractivity contribution in [2.24, 2.45) is 11.8 Å². The van der Waals surface area contributed by atoms with Gasteiger partial charge in [-0.25, -0.2) is 4.79 Å². The van der Waals surface area contributed by atoms with Crippen LogP contribution in [0.1, 0.15) is 23.2 Å². The lowest BCUT2D eigenvalue weighted by atomic mass is 9.90. The minimum Gasteiger partial charge on any atom is -0.485 e. The molecule has 2 N–H and O–H groups in total. The Morgan fingerprint density at radius 3 is 2.29 bits per heavy atom. The summed E-state index contributed by atoms with van der Waals surface area (Å²) >= 11 is 0. The van der Waals surface area contributed by atoms with Gasteiger partial charge in [-0.1, -0.05) is 42.5 Å². The van der Waals surface area contributed by atoms with Crippen LogP contribution in [-0.4, -0.2) is 46.7 Å². The van der Waals surface area contributed by atoms with Crippen LogP contribution in [0.25, 0.3) is 0 Å². The molecule has 162 valence electrons. The fourth-order valence-electron chi connectivity index (χ4n) is 3.69. The van der Waals surface area contributed by atoms with Crippen LogP contribution in [-0.2, 0) is 14.3 Å². The van der Waals surface area contributed by atoms with Gasteiger partial charge in [-0.05, 0) is 30.3 Å². The van der Waals surface area contributed by atoms with Gasteiger partial charge < -0.3 is 19.7 Å². The Labute approximate surface area is 179 Å². The molecule has 0 saturated heterocycles. The van der Waals surface area contributed by atoms with E-state index < -0.39 is 36.0 Å². The number of hydrogen-bond acceptors (Lipinski definition) is 6. The molecule has 1 aliphatic rings. The number of carboxylic acid groups (broad SMARTS) is 1. The van der Waals surface area contributed by atoms with E-state index in [-0.39, 0.29) is 25.2 Å². The molecule has 0 aliphatic heterocycles. The van der Waals surface area contributed by atoms with Gasteiger partial charge in [-0.15, -0.1) is 0 Å². The number of carbonyl (C=O) groups is 3. The first-order chi connectivity index (χ1) is 14.9. The number of aliphatic hydroxyl groups excluding tert-OH is 1. The van der Waals surface area contributed by atoms with E-state index in [0.29, 0.717) is 11.3 Å². The molecule has 0 aromatic heterocycles. The summed E-state index contributed by atoms with van der Waals surface area (Å²) in [5.41, 5.74) is 0.355. The van der Waals surface area contributed by atoms with E-state index in [2.05, 4.69) is 0 Å². The topological polar surface area (TPSA) is 110 Å². The van der Waals surface area contributed by atoms with Gasteiger partial charge in [0.05, 0.1) is 18.1 Å². The van der Waals surface area contributed by atoms with Crippen molar-refractivity contribution in [3.63, 3.8) is 0 Å². The molecule has 0 bridgehead atoms. The largest absolute Gasteiger partial charge is 0.485 e. The predicted molar refractivity (Wildman–Crippen MR) is 112 cm³/mol. The molecule has 1 saturated carbocycles. The van der Waals surface area contributed by atoms with E-state index in [9.17, 15) is 24.6 Å². The predicted octanol–water partition coefficient (Wildman–Crippen LogP) is 2.89. The Morgan fingerprint density at radius 1 is 1.00 bits per heavy atom. The van der Waals surface area contributed by atoms with Crippen molar-refractivity contribution in [2.45, 2.75) is 25.0 Å². The first-order valence-corrected chi connectivity index (χ1v) is 9.99. The maximum Gasteiger partial charge on any atom is 0.338 e. The molecule has 0 unspecified atom stereocenters. The van der Waals surface area contributed by atoms with Crippen LogP contribution in [0, 0.1) is 11.8 Å². The number of carbonyl (C=O) groups excluding carboxylic acids is 2. The molecule has 2 aromatic carbocycles. The monoisotopic (exact) mass is 424 g/mol. The smallest absolute Gasteiger partial charge is 0.338 e. The molecule has 1 aliphatic carbocycles. The van der Waals surface area contributed by atoms with E-state index in [1.165, 1.54) is 12.2 Å². The molecule has 0 spiro atoms. The van der Waals surface area contributed by atoms with E-state index in [4.69, 9.17) is 9.47 Å². The minimum atomic E-state index is -1.07. The number of para-hydroxylation sites is 1. The number of carboxylic acids is 1. The summed E-state index contributed by atoms with van der Waals surface area (Å²) in [6, 6.07) is 17.3. The number of ketones is 1. The molecule has 2 aromatic rings. The van der Waals surface area contributed by atoms with Crippen molar-refractivity contribution in [1.29, 1.82) is 0 Å². The fourth-order valence-corrected chi connectivity index (χ4v) is 3.69. The average Bonchev–Trinajstić information content (AvgIpc) is 3.05. The van der Waals surface area contributed by atoms with Crippen molar-refractivity contribution < 1.29 is 34.1 Å². The maximum absolute atomic E-state index is 12.4. The van der Waals surface area contributed by atoms with Crippen LogP contribution < -0.4 is 4.74 Å². The van der Waals surface area contributed by atoms with Crippen LogP contribution in [0.5, 0.6) is 5.75 Å². The number of aliphatic hydroxyl groups is 1. The lowest BCUT2D eigenvalue weighted by Gasteiger charge is -2.21. The molecule has 3 rings (SSSR count). The molecule has 0 radical (unpaired) electrons. The van der Waals surface area contributed by atoms with Crippen molar-refractivity contribution in [3.05, 3.63) is 78.4 Å². The van der Waals surface area contributed by atoms with Crippen LogP contribution in [0.4, 0.5) is 0 Å². The standard InChI is InChI=1S/C24H24O7/c25-17(15-30-18-9-5-2-6-10-18)11-12-19-20(13-23(27)28)21(26)14-22(19)31-24(29)16-7-3-1-4-8-16/h1-12,19-22,26H,13-15H2,(H,27,28)/t19-,20-,21+,22+/m0/s1. The highest BCUT2D eigenvalue weighted by Gasteiger charge is 2.44. The summed E-state index contributed by atoms with van der Waals surface area (Å²) < 4.78 is 11.0. The fraction of sp³-hybridized carbons (Fsp3) is 0.292. The summed E-state index contributed by atoms with van der Waals surface area (Å²) in [6.45, 7) is -0.187. The Kier molecular flexibility index (Phi) is 7.56. The zero-order valence-corrected chi connectivity index (χ0v) is 16.8. The van der Waals surface area contributed by atoms with E-state index in [0.717, 1.165) is 0 Å². The van der Waals surface area contributed by atoms with Gasteiger partial charge in [0.1, 0.15) is 11.9 Å². The van der Waals surface area contributed by atoms with Gasteiger partial charge in [0.25, 0.3) is 0 Å². The van der Waals surface area contributed by atoms with Crippen molar-refractivity contribution >= 4 is 17.7 Å². The lowest BCUT2D eigenvalue weighted by molar-refractivity contribution is -0.139. The van der Waals surface area contributed by atoms with Gasteiger partial charge in [-0.2, -0.15) is 0 Å². The minimum absolute atomic E-state index is 0.0975. The highest BCUT2D eigenvalue weighted by Crippen LogP contribution is 2.38. The highest BCUT2D eigenvalue weighted by molar-refractivity contribution is 5.91. The number of hydrogen-bond donors (Lipinski definition) is 2. The van der Waals surface area contributed by atoms with Gasteiger partial charge in [-0.3, -0.25) is 9.59 Å². The maximum atomic E-state index is 12.4. The van der Waals surface area contributed by atoms with E-state index >= 15 is 0 Å². The molecule has 31 heavy (non-hydrogen) atoms. The summed E-state index contributed by atoms with van der Waals surface area (Å²) in [5, 5.41) is 19.6. The third-order valence-corrected chi connectivity index (χ3v) is 5.20. The Hall–Kier alpha value is -3.45. The summed E-state index contributed by atoms with van der Waals surface area (Å²) in [7, 11) is 0. The van der Waals surface area contributed by atoms with Crippen LogP contribution in [0.15, 0.2) is 72.8 Å². The average molecular weight is 424 g/mol. The molecule has 7 nitrogen and oxygen atoms in total. The molecule has 4 atom stereocenters. The Balaban J connectivity index is 1.69. The van der Waals surface area contributed by atoms with Crippen molar-refractivity contribution in [2.75, 3.05) is 6.61 Å². The second kappa shape index (κ2) is 10.5. The number of rotatable bonds is 9. The zero-order valence-electron chi connectivity index (χ0n) is 16.8.